The number of rotatable bonds is 1. The van der Waals surface area contributed by atoms with Crippen LogP contribution in [0.5, 0.6) is 0 Å². The Kier molecular flexibility index (Phi) is 1.94. The third-order valence-corrected chi connectivity index (χ3v) is 1.73. The van der Waals surface area contributed by atoms with E-state index in [1.807, 2.05) is 0 Å². The predicted molar refractivity (Wildman–Crippen MR) is 49.7 cm³/mol. The van der Waals surface area contributed by atoms with Gasteiger partial charge in [0.15, 0.2) is 17.0 Å². The number of hydrogen-bond acceptors (Lipinski definition) is 5. The van der Waals surface area contributed by atoms with Crippen LogP contribution >= 0.6 is 11.6 Å². The fraction of sp³-hybridized carbons (Fsp3) is 0.143. The second kappa shape index (κ2) is 3.10. The normalized spacial score (nSPS) is 10.3. The smallest absolute Gasteiger partial charge is 0.183 e. The van der Waals surface area contributed by atoms with Crippen molar-refractivity contribution in [3.05, 3.63) is 17.7 Å². The molecule has 0 fully saturated rings. The maximum Gasteiger partial charge on any atom is 0.183 e. The first kappa shape index (κ1) is 8.12. The summed E-state index contributed by atoms with van der Waals surface area (Å²) in [5.74, 6) is 0.625. The molecule has 2 aromatic rings. The first-order valence-electron chi connectivity index (χ1n) is 3.62. The molecule has 5 nitrogen and oxygen atoms in total. The largest absolute Gasteiger partial charge is 0.371 e. The minimum absolute atomic E-state index is 0.332. The number of aromatic nitrogens is 4. The lowest BCUT2D eigenvalue weighted by atomic mass is 10.4. The average molecular weight is 196 g/mol. The zero-order valence-corrected chi connectivity index (χ0v) is 7.58. The number of anilines is 1. The van der Waals surface area contributed by atoms with E-state index in [-0.39, 0.29) is 0 Å². The van der Waals surface area contributed by atoms with Crippen molar-refractivity contribution in [2.45, 2.75) is 0 Å². The Balaban J connectivity index is 2.79. The molecule has 0 spiro atoms. The molecular formula is C7H6ClN5. The molecule has 0 saturated carbocycles. The number of nitrogens with one attached hydrogen (secondary N) is 1. The topological polar surface area (TPSA) is 63.6 Å². The monoisotopic (exact) mass is 195 g/mol. The van der Waals surface area contributed by atoms with E-state index in [1.54, 1.807) is 7.05 Å². The number of hydrogen-bond donors (Lipinski definition) is 1. The molecule has 0 aromatic carbocycles. The maximum absolute atomic E-state index is 5.69. The van der Waals surface area contributed by atoms with Crippen molar-refractivity contribution in [2.75, 3.05) is 12.4 Å². The summed E-state index contributed by atoms with van der Waals surface area (Å²) >= 11 is 5.69. The summed E-state index contributed by atoms with van der Waals surface area (Å²) in [7, 11) is 1.75. The van der Waals surface area contributed by atoms with Crippen LogP contribution in [-0.4, -0.2) is 27.0 Å². The molecule has 2 rings (SSSR count). The lowest BCUT2D eigenvalue weighted by Crippen LogP contribution is -1.97. The van der Waals surface area contributed by atoms with Gasteiger partial charge < -0.3 is 5.32 Å². The summed E-state index contributed by atoms with van der Waals surface area (Å²) in [5.41, 5.74) is 1.11. The molecule has 0 amide bonds. The highest BCUT2D eigenvalue weighted by Crippen LogP contribution is 2.15. The summed E-state index contributed by atoms with van der Waals surface area (Å²) in [5, 5.41) is 3.22. The summed E-state index contributed by atoms with van der Waals surface area (Å²) < 4.78 is 0. The molecule has 0 aliphatic heterocycles. The Hall–Kier alpha value is -1.49. The molecule has 0 saturated heterocycles. The van der Waals surface area contributed by atoms with Crippen LogP contribution in [0.15, 0.2) is 12.5 Å². The SMILES string of the molecule is CNc1ncnc2ncc(Cl)nc12. The quantitative estimate of drug-likeness (QED) is 0.739. The summed E-state index contributed by atoms with van der Waals surface area (Å²) in [4.78, 5) is 16.0. The molecule has 1 N–H and O–H groups in total. The number of fused-ring (bicyclic) bond motifs is 1. The second-order valence-electron chi connectivity index (χ2n) is 2.34. The van der Waals surface area contributed by atoms with E-state index in [2.05, 4.69) is 25.3 Å². The lowest BCUT2D eigenvalue weighted by Gasteiger charge is -2.01. The molecule has 66 valence electrons. The molecular weight excluding hydrogens is 190 g/mol. The molecule has 0 unspecified atom stereocenters. The van der Waals surface area contributed by atoms with Gasteiger partial charge in [0, 0.05) is 7.05 Å². The van der Waals surface area contributed by atoms with Crippen LogP contribution in [0, 0.1) is 0 Å². The molecule has 0 bridgehead atoms. The van der Waals surface area contributed by atoms with Crippen LogP contribution in [0.1, 0.15) is 0 Å². The van der Waals surface area contributed by atoms with E-state index in [4.69, 9.17) is 11.6 Å². The minimum atomic E-state index is 0.332. The van der Waals surface area contributed by atoms with E-state index < -0.39 is 0 Å². The van der Waals surface area contributed by atoms with Gasteiger partial charge in [0.25, 0.3) is 0 Å². The maximum atomic E-state index is 5.69. The van der Waals surface area contributed by atoms with Gasteiger partial charge >= 0.3 is 0 Å². The van der Waals surface area contributed by atoms with Crippen LogP contribution < -0.4 is 5.32 Å². The van der Waals surface area contributed by atoms with Crippen molar-refractivity contribution in [3.63, 3.8) is 0 Å². The third kappa shape index (κ3) is 1.38. The van der Waals surface area contributed by atoms with Gasteiger partial charge in [-0.25, -0.2) is 19.9 Å². The molecule has 13 heavy (non-hydrogen) atoms. The van der Waals surface area contributed by atoms with E-state index >= 15 is 0 Å². The van der Waals surface area contributed by atoms with Crippen molar-refractivity contribution in [3.8, 4) is 0 Å². The van der Waals surface area contributed by atoms with Gasteiger partial charge in [-0.15, -0.1) is 0 Å². The Morgan fingerprint density at radius 2 is 2.15 bits per heavy atom. The second-order valence-corrected chi connectivity index (χ2v) is 2.72. The van der Waals surface area contributed by atoms with Gasteiger partial charge in [-0.1, -0.05) is 11.6 Å². The third-order valence-electron chi connectivity index (χ3n) is 1.55. The van der Waals surface area contributed by atoms with Gasteiger partial charge in [0.2, 0.25) is 0 Å². The van der Waals surface area contributed by atoms with Gasteiger partial charge in [-0.05, 0) is 0 Å². The van der Waals surface area contributed by atoms with Crippen molar-refractivity contribution >= 4 is 28.6 Å². The van der Waals surface area contributed by atoms with Crippen LogP contribution in [0.3, 0.4) is 0 Å². The summed E-state index contributed by atoms with van der Waals surface area (Å²) in [6, 6.07) is 0. The summed E-state index contributed by atoms with van der Waals surface area (Å²) in [6.07, 6.45) is 2.88. The Bertz CT molecular complexity index is 444. The first-order chi connectivity index (χ1) is 6.31. The highest BCUT2D eigenvalue weighted by Gasteiger charge is 2.04. The number of halogens is 1. The predicted octanol–water partition coefficient (Wildman–Crippen LogP) is 1.11. The highest BCUT2D eigenvalue weighted by atomic mass is 35.5. The van der Waals surface area contributed by atoms with E-state index in [9.17, 15) is 0 Å². The lowest BCUT2D eigenvalue weighted by molar-refractivity contribution is 1.14. The van der Waals surface area contributed by atoms with Crippen molar-refractivity contribution in [1.82, 2.24) is 19.9 Å². The van der Waals surface area contributed by atoms with Gasteiger partial charge in [-0.3, -0.25) is 0 Å². The van der Waals surface area contributed by atoms with Gasteiger partial charge in [0.1, 0.15) is 11.5 Å². The highest BCUT2D eigenvalue weighted by molar-refractivity contribution is 6.29. The van der Waals surface area contributed by atoms with Crippen LogP contribution in [0.4, 0.5) is 5.82 Å². The molecule has 0 aliphatic carbocycles. The zero-order chi connectivity index (χ0) is 9.26. The van der Waals surface area contributed by atoms with E-state index in [0.29, 0.717) is 22.1 Å². The molecule has 0 aliphatic rings. The zero-order valence-electron chi connectivity index (χ0n) is 6.82. The fourth-order valence-corrected chi connectivity index (χ4v) is 1.13. The van der Waals surface area contributed by atoms with Crippen LogP contribution in [-0.2, 0) is 0 Å². The fourth-order valence-electron chi connectivity index (χ4n) is 1.000. The molecule has 0 radical (unpaired) electrons. The Labute approximate surface area is 79.2 Å². The molecule has 2 heterocycles. The summed E-state index contributed by atoms with van der Waals surface area (Å²) in [6.45, 7) is 0. The molecule has 2 aromatic heterocycles. The first-order valence-corrected chi connectivity index (χ1v) is 4.00. The van der Waals surface area contributed by atoms with E-state index in [0.717, 1.165) is 0 Å². The minimum Gasteiger partial charge on any atom is -0.371 e. The number of nitrogens with zero attached hydrogens (tertiary/aromatic N) is 4. The van der Waals surface area contributed by atoms with E-state index in [1.165, 1.54) is 12.5 Å². The van der Waals surface area contributed by atoms with Gasteiger partial charge in [-0.2, -0.15) is 0 Å². The van der Waals surface area contributed by atoms with Crippen molar-refractivity contribution in [2.24, 2.45) is 0 Å². The standard InChI is InChI=1S/C7H6ClN5/c1-9-6-5-7(12-3-11-6)10-2-4(8)13-5/h2-3H,1H3,(H,9,10,11,12). The van der Waals surface area contributed by atoms with Crippen molar-refractivity contribution < 1.29 is 0 Å². The van der Waals surface area contributed by atoms with Crippen LogP contribution in [0.2, 0.25) is 5.15 Å². The average Bonchev–Trinajstić information content (AvgIpc) is 2.17. The molecule has 6 heteroatoms. The van der Waals surface area contributed by atoms with Crippen molar-refractivity contribution in [1.29, 1.82) is 0 Å². The van der Waals surface area contributed by atoms with Crippen LogP contribution in [0.25, 0.3) is 11.2 Å². The van der Waals surface area contributed by atoms with Gasteiger partial charge in [0.05, 0.1) is 6.20 Å². The molecule has 0 atom stereocenters. The Morgan fingerprint density at radius 1 is 1.31 bits per heavy atom. The Morgan fingerprint density at radius 3 is 2.92 bits per heavy atom.